The van der Waals surface area contributed by atoms with Gasteiger partial charge in [-0.25, -0.2) is 0 Å². The molecule has 1 heterocycles. The number of piperazine rings is 1. The number of benzene rings is 2. The van der Waals surface area contributed by atoms with E-state index in [9.17, 15) is 4.79 Å². The number of amides is 1. The quantitative estimate of drug-likeness (QED) is 0.712. The van der Waals surface area contributed by atoms with Gasteiger partial charge in [0.15, 0.2) is 0 Å². The summed E-state index contributed by atoms with van der Waals surface area (Å²) in [6.07, 6.45) is 3.65. The molecular formula is C24H31N3OS. The number of hydrogen-bond acceptors (Lipinski definition) is 4. The Kier molecular flexibility index (Phi) is 6.90. The normalized spacial score (nSPS) is 17.3. The van der Waals surface area contributed by atoms with Crippen molar-refractivity contribution in [3.05, 3.63) is 64.7 Å². The second-order valence-electron chi connectivity index (χ2n) is 8.25. The summed E-state index contributed by atoms with van der Waals surface area (Å²) in [5.41, 5.74) is 5.45. The molecule has 1 amide bonds. The van der Waals surface area contributed by atoms with Crippen LogP contribution in [0.2, 0.25) is 0 Å². The molecule has 0 saturated carbocycles. The molecule has 0 spiro atoms. The van der Waals surface area contributed by atoms with Crippen molar-refractivity contribution in [2.45, 2.75) is 37.2 Å². The zero-order chi connectivity index (χ0) is 20.1. The van der Waals surface area contributed by atoms with Gasteiger partial charge in [-0.3, -0.25) is 9.69 Å². The lowest BCUT2D eigenvalue weighted by molar-refractivity contribution is -0.118. The average molecular weight is 410 g/mol. The number of nitrogens with one attached hydrogen (secondary N) is 1. The Morgan fingerprint density at radius 3 is 2.66 bits per heavy atom. The molecule has 2 aliphatic rings. The molecule has 29 heavy (non-hydrogen) atoms. The van der Waals surface area contributed by atoms with Crippen molar-refractivity contribution in [2.75, 3.05) is 39.0 Å². The predicted octanol–water partition coefficient (Wildman–Crippen LogP) is 3.33. The summed E-state index contributed by atoms with van der Waals surface area (Å²) < 4.78 is 0. The van der Waals surface area contributed by atoms with E-state index in [2.05, 4.69) is 64.6 Å². The van der Waals surface area contributed by atoms with Gasteiger partial charge in [0.2, 0.25) is 5.91 Å². The Bertz CT molecular complexity index is 846. The van der Waals surface area contributed by atoms with Crippen molar-refractivity contribution >= 4 is 17.7 Å². The van der Waals surface area contributed by atoms with Crippen molar-refractivity contribution in [1.82, 2.24) is 15.1 Å². The van der Waals surface area contributed by atoms with E-state index in [0.717, 1.165) is 32.7 Å². The minimum atomic E-state index is 0.0972. The summed E-state index contributed by atoms with van der Waals surface area (Å²) >= 11 is 1.63. The monoisotopic (exact) mass is 409 g/mol. The van der Waals surface area contributed by atoms with Crippen LogP contribution in [-0.4, -0.2) is 54.7 Å². The van der Waals surface area contributed by atoms with Crippen LogP contribution >= 0.6 is 11.8 Å². The smallest absolute Gasteiger partial charge is 0.230 e. The maximum absolute atomic E-state index is 12.3. The maximum Gasteiger partial charge on any atom is 0.230 e. The third kappa shape index (κ3) is 5.84. The summed E-state index contributed by atoms with van der Waals surface area (Å²) in [7, 11) is 2.18. The fourth-order valence-corrected chi connectivity index (χ4v) is 4.93. The van der Waals surface area contributed by atoms with E-state index in [4.69, 9.17) is 0 Å². The van der Waals surface area contributed by atoms with Gasteiger partial charge in [0, 0.05) is 44.2 Å². The SMILES string of the molecule is CN1CCN(Cc2cccc(CNC(=O)CSc3ccc4c(c3)CCC4)c2)CC1. The number of hydrogen-bond donors (Lipinski definition) is 1. The van der Waals surface area contributed by atoms with Crippen molar-refractivity contribution < 1.29 is 4.79 Å². The summed E-state index contributed by atoms with van der Waals surface area (Å²) in [4.78, 5) is 18.4. The number of thioether (sulfide) groups is 1. The van der Waals surface area contributed by atoms with E-state index in [-0.39, 0.29) is 5.91 Å². The van der Waals surface area contributed by atoms with Gasteiger partial charge in [-0.05, 0) is 60.7 Å². The molecule has 2 aromatic carbocycles. The van der Waals surface area contributed by atoms with Crippen LogP contribution in [0.1, 0.15) is 28.7 Å². The van der Waals surface area contributed by atoms with Crippen molar-refractivity contribution in [3.8, 4) is 0 Å². The number of likely N-dealkylation sites (N-methyl/N-ethyl adjacent to an activating group) is 1. The first-order valence-corrected chi connectivity index (χ1v) is 11.6. The van der Waals surface area contributed by atoms with E-state index in [1.54, 1.807) is 11.8 Å². The van der Waals surface area contributed by atoms with Gasteiger partial charge in [0.05, 0.1) is 5.75 Å². The molecular weight excluding hydrogens is 378 g/mol. The number of rotatable bonds is 7. The Balaban J connectivity index is 1.23. The highest BCUT2D eigenvalue weighted by Gasteiger charge is 2.14. The van der Waals surface area contributed by atoms with Gasteiger partial charge in [0.1, 0.15) is 0 Å². The molecule has 1 aliphatic heterocycles. The molecule has 154 valence electrons. The van der Waals surface area contributed by atoms with Gasteiger partial charge in [0.25, 0.3) is 0 Å². The fraction of sp³-hybridized carbons (Fsp3) is 0.458. The first kappa shape index (κ1) is 20.5. The molecule has 4 nitrogen and oxygen atoms in total. The molecule has 1 aliphatic carbocycles. The second-order valence-corrected chi connectivity index (χ2v) is 9.30. The Morgan fingerprint density at radius 2 is 1.79 bits per heavy atom. The number of fused-ring (bicyclic) bond motifs is 1. The van der Waals surface area contributed by atoms with Crippen LogP contribution in [-0.2, 0) is 30.7 Å². The third-order valence-corrected chi connectivity index (χ3v) is 6.92. The Labute approximate surface area is 178 Å². The second kappa shape index (κ2) is 9.79. The van der Waals surface area contributed by atoms with Crippen LogP contribution in [0.3, 0.4) is 0 Å². The molecule has 2 aromatic rings. The number of carbonyl (C=O) groups excluding carboxylic acids is 1. The minimum Gasteiger partial charge on any atom is -0.351 e. The highest BCUT2D eigenvalue weighted by Crippen LogP contribution is 2.27. The van der Waals surface area contributed by atoms with E-state index < -0.39 is 0 Å². The molecule has 5 heteroatoms. The van der Waals surface area contributed by atoms with E-state index in [1.807, 2.05) is 0 Å². The summed E-state index contributed by atoms with van der Waals surface area (Å²) in [5, 5.41) is 3.08. The molecule has 0 bridgehead atoms. The number of nitrogens with zero attached hydrogens (tertiary/aromatic N) is 2. The van der Waals surface area contributed by atoms with E-state index in [1.165, 1.54) is 46.4 Å². The standard InChI is InChI=1S/C24H31N3OS/c1-26-10-12-27(13-11-26)17-20-5-2-4-19(14-20)16-25-24(28)18-29-23-9-8-21-6-3-7-22(21)15-23/h2,4-5,8-9,14-15H,3,6-7,10-13,16-18H2,1H3,(H,25,28). The van der Waals surface area contributed by atoms with Gasteiger partial charge in [-0.1, -0.05) is 30.3 Å². The molecule has 1 fully saturated rings. The molecule has 0 radical (unpaired) electrons. The first-order chi connectivity index (χ1) is 14.2. The van der Waals surface area contributed by atoms with Gasteiger partial charge in [-0.15, -0.1) is 11.8 Å². The summed E-state index contributed by atoms with van der Waals surface area (Å²) in [6, 6.07) is 15.3. The third-order valence-electron chi connectivity index (χ3n) is 5.92. The molecule has 1 N–H and O–H groups in total. The Morgan fingerprint density at radius 1 is 1.00 bits per heavy atom. The molecule has 1 saturated heterocycles. The van der Waals surface area contributed by atoms with Crippen LogP contribution in [0.15, 0.2) is 47.4 Å². The fourth-order valence-electron chi connectivity index (χ4n) is 4.14. The number of aryl methyl sites for hydroxylation is 2. The van der Waals surface area contributed by atoms with Crippen LogP contribution < -0.4 is 5.32 Å². The van der Waals surface area contributed by atoms with Crippen LogP contribution in [0.4, 0.5) is 0 Å². The molecule has 0 aromatic heterocycles. The Hall–Kier alpha value is -1.82. The van der Waals surface area contributed by atoms with Gasteiger partial charge >= 0.3 is 0 Å². The lowest BCUT2D eigenvalue weighted by atomic mass is 10.1. The van der Waals surface area contributed by atoms with Crippen LogP contribution in [0.25, 0.3) is 0 Å². The highest BCUT2D eigenvalue weighted by atomic mass is 32.2. The van der Waals surface area contributed by atoms with Crippen LogP contribution in [0.5, 0.6) is 0 Å². The minimum absolute atomic E-state index is 0.0972. The summed E-state index contributed by atoms with van der Waals surface area (Å²) in [5.74, 6) is 0.569. The van der Waals surface area contributed by atoms with E-state index >= 15 is 0 Å². The van der Waals surface area contributed by atoms with Gasteiger partial charge in [-0.2, -0.15) is 0 Å². The lowest BCUT2D eigenvalue weighted by Gasteiger charge is -2.32. The maximum atomic E-state index is 12.3. The largest absolute Gasteiger partial charge is 0.351 e. The van der Waals surface area contributed by atoms with E-state index in [0.29, 0.717) is 12.3 Å². The highest BCUT2D eigenvalue weighted by molar-refractivity contribution is 8.00. The van der Waals surface area contributed by atoms with Crippen molar-refractivity contribution in [2.24, 2.45) is 0 Å². The average Bonchev–Trinajstić information content (AvgIpc) is 3.21. The lowest BCUT2D eigenvalue weighted by Crippen LogP contribution is -2.43. The van der Waals surface area contributed by atoms with Crippen LogP contribution in [0, 0.1) is 0 Å². The molecule has 0 unspecified atom stereocenters. The number of carbonyl (C=O) groups is 1. The summed E-state index contributed by atoms with van der Waals surface area (Å²) in [6.45, 7) is 6.11. The van der Waals surface area contributed by atoms with Crippen molar-refractivity contribution in [3.63, 3.8) is 0 Å². The van der Waals surface area contributed by atoms with Gasteiger partial charge < -0.3 is 10.2 Å². The van der Waals surface area contributed by atoms with Crippen molar-refractivity contribution in [1.29, 1.82) is 0 Å². The predicted molar refractivity (Wildman–Crippen MR) is 120 cm³/mol. The zero-order valence-electron chi connectivity index (χ0n) is 17.3. The zero-order valence-corrected chi connectivity index (χ0v) is 18.1. The molecule has 4 rings (SSSR count). The molecule has 0 atom stereocenters. The topological polar surface area (TPSA) is 35.6 Å². The first-order valence-electron chi connectivity index (χ1n) is 10.7.